The molecule has 9 nitrogen and oxygen atoms in total. The minimum atomic E-state index is -0.697. The van der Waals surface area contributed by atoms with Gasteiger partial charge in [-0.2, -0.15) is 0 Å². The Hall–Kier alpha value is -1.87. The van der Waals surface area contributed by atoms with Crippen LogP contribution >= 0.6 is 0 Å². The lowest BCUT2D eigenvalue weighted by molar-refractivity contribution is -0.148. The molecule has 0 spiro atoms. The maximum absolute atomic E-state index is 13.1. The van der Waals surface area contributed by atoms with Gasteiger partial charge >= 0.3 is 6.09 Å². The molecule has 2 heterocycles. The summed E-state index contributed by atoms with van der Waals surface area (Å²) in [6.45, 7) is 10.5. The van der Waals surface area contributed by atoms with Crippen molar-refractivity contribution in [3.8, 4) is 0 Å². The van der Waals surface area contributed by atoms with Crippen LogP contribution in [0, 0.1) is 5.41 Å². The van der Waals surface area contributed by atoms with Crippen LogP contribution in [0.3, 0.4) is 0 Å². The molecule has 2 saturated heterocycles. The lowest BCUT2D eigenvalue weighted by Crippen LogP contribution is -2.56. The molecule has 0 aromatic carbocycles. The number of carbonyl (C=O) groups excluding carboxylic acids is 3. The Morgan fingerprint density at radius 3 is 2.61 bits per heavy atom. The summed E-state index contributed by atoms with van der Waals surface area (Å²) in [6.07, 6.45) is 0.213. The maximum Gasteiger partial charge on any atom is 0.410 e. The number of nitrogens with one attached hydrogen (secondary N) is 1. The fourth-order valence-corrected chi connectivity index (χ4v) is 3.79. The zero-order chi connectivity index (χ0) is 21.3. The van der Waals surface area contributed by atoms with Gasteiger partial charge in [-0.15, -0.1) is 0 Å². The number of hydrogen-bond acceptors (Lipinski definition) is 6. The monoisotopic (exact) mass is 398 g/mol. The summed E-state index contributed by atoms with van der Waals surface area (Å²) in [5, 5.41) is 3.19. The van der Waals surface area contributed by atoms with E-state index in [2.05, 4.69) is 5.32 Å². The average Bonchev–Trinajstić information content (AvgIpc) is 2.73. The summed E-state index contributed by atoms with van der Waals surface area (Å²) in [7, 11) is 1.65. The Kier molecular flexibility index (Phi) is 6.60. The van der Waals surface area contributed by atoms with Gasteiger partial charge in [-0.25, -0.2) is 4.79 Å². The molecule has 9 heteroatoms. The molecular weight excluding hydrogens is 364 g/mol. The number of nitrogens with zero attached hydrogens (tertiary/aromatic N) is 2. The van der Waals surface area contributed by atoms with E-state index in [0.717, 1.165) is 0 Å². The van der Waals surface area contributed by atoms with Gasteiger partial charge in [0.25, 0.3) is 0 Å². The highest BCUT2D eigenvalue weighted by Crippen LogP contribution is 2.42. The van der Waals surface area contributed by atoms with Gasteiger partial charge in [0.1, 0.15) is 17.9 Å². The van der Waals surface area contributed by atoms with Crippen molar-refractivity contribution in [2.75, 3.05) is 26.7 Å². The standard InChI is InChI=1S/C19H34N4O5/c1-18(2,3)28-17(26)22(6)9-8-21-12-7-10-27-13-11-19(4,5)14(15(20)24)23(13)16(12)25/h12-14,21H,7-11H2,1-6H3,(H2,20,24). The van der Waals surface area contributed by atoms with Crippen molar-refractivity contribution in [3.63, 3.8) is 0 Å². The van der Waals surface area contributed by atoms with E-state index >= 15 is 0 Å². The number of hydrogen-bond donors (Lipinski definition) is 2. The molecule has 28 heavy (non-hydrogen) atoms. The third kappa shape index (κ3) is 5.14. The van der Waals surface area contributed by atoms with Crippen molar-refractivity contribution in [2.45, 2.75) is 71.4 Å². The van der Waals surface area contributed by atoms with Crippen LogP contribution in [-0.4, -0.2) is 78.4 Å². The Morgan fingerprint density at radius 2 is 2.04 bits per heavy atom. The van der Waals surface area contributed by atoms with Gasteiger partial charge in [0.05, 0.1) is 12.6 Å². The smallest absolute Gasteiger partial charge is 0.410 e. The van der Waals surface area contributed by atoms with Crippen molar-refractivity contribution in [1.29, 1.82) is 0 Å². The first-order chi connectivity index (χ1) is 12.8. The Morgan fingerprint density at radius 1 is 1.39 bits per heavy atom. The molecule has 3 amide bonds. The number of likely N-dealkylation sites (N-methyl/N-ethyl adjacent to an activating group) is 1. The molecule has 0 aromatic heterocycles. The van der Waals surface area contributed by atoms with Gasteiger partial charge < -0.3 is 30.3 Å². The highest BCUT2D eigenvalue weighted by molar-refractivity contribution is 5.90. The molecule has 0 aliphatic carbocycles. The molecule has 2 aliphatic heterocycles. The zero-order valence-corrected chi connectivity index (χ0v) is 17.8. The van der Waals surface area contributed by atoms with Crippen molar-refractivity contribution in [3.05, 3.63) is 0 Å². The molecule has 3 unspecified atom stereocenters. The van der Waals surface area contributed by atoms with Crippen LogP contribution in [0.4, 0.5) is 4.79 Å². The predicted molar refractivity (Wildman–Crippen MR) is 103 cm³/mol. The fourth-order valence-electron chi connectivity index (χ4n) is 3.79. The first kappa shape index (κ1) is 22.4. The van der Waals surface area contributed by atoms with Crippen LogP contribution in [0.2, 0.25) is 0 Å². The van der Waals surface area contributed by atoms with Gasteiger partial charge in [-0.1, -0.05) is 13.8 Å². The van der Waals surface area contributed by atoms with Crippen molar-refractivity contribution in [1.82, 2.24) is 15.1 Å². The quantitative estimate of drug-likeness (QED) is 0.704. The average molecular weight is 399 g/mol. The number of ether oxygens (including phenoxy) is 2. The van der Waals surface area contributed by atoms with Crippen LogP contribution in [-0.2, 0) is 19.1 Å². The van der Waals surface area contributed by atoms with E-state index in [0.29, 0.717) is 32.5 Å². The topological polar surface area (TPSA) is 114 Å². The number of primary amides is 1. The summed E-state index contributed by atoms with van der Waals surface area (Å²) in [5.41, 5.74) is 4.60. The molecule has 3 N–H and O–H groups in total. The number of rotatable bonds is 5. The van der Waals surface area contributed by atoms with E-state index in [1.165, 1.54) is 9.80 Å². The van der Waals surface area contributed by atoms with Crippen LogP contribution in [0.15, 0.2) is 0 Å². The molecule has 160 valence electrons. The Balaban J connectivity index is 1.97. The SMILES string of the molecule is CN(CCNC1CCOC2CC(C)(C)C(C(N)=O)N2C1=O)C(=O)OC(C)(C)C. The molecule has 2 aliphatic rings. The molecule has 0 bridgehead atoms. The van der Waals surface area contributed by atoms with Crippen LogP contribution in [0.1, 0.15) is 47.5 Å². The van der Waals surface area contributed by atoms with Gasteiger partial charge in [0.15, 0.2) is 0 Å². The first-order valence-electron chi connectivity index (χ1n) is 9.74. The third-order valence-corrected chi connectivity index (χ3v) is 5.11. The van der Waals surface area contributed by atoms with E-state index in [1.54, 1.807) is 7.05 Å². The zero-order valence-electron chi connectivity index (χ0n) is 17.8. The first-order valence-corrected chi connectivity index (χ1v) is 9.74. The second-order valence-electron chi connectivity index (χ2n) is 9.27. The molecular formula is C19H34N4O5. The van der Waals surface area contributed by atoms with E-state index in [9.17, 15) is 14.4 Å². The normalized spacial score (nSPS) is 27.1. The molecule has 0 radical (unpaired) electrons. The summed E-state index contributed by atoms with van der Waals surface area (Å²) in [5.74, 6) is -0.702. The third-order valence-electron chi connectivity index (χ3n) is 5.11. The van der Waals surface area contributed by atoms with Crippen molar-refractivity contribution >= 4 is 17.9 Å². The number of amides is 3. The largest absolute Gasteiger partial charge is 0.444 e. The molecule has 3 atom stereocenters. The van der Waals surface area contributed by atoms with Crippen molar-refractivity contribution in [2.24, 2.45) is 11.1 Å². The van der Waals surface area contributed by atoms with Gasteiger partial charge in [0, 0.05) is 20.1 Å². The molecule has 0 aromatic rings. The van der Waals surface area contributed by atoms with E-state index in [4.69, 9.17) is 15.2 Å². The van der Waals surface area contributed by atoms with Crippen molar-refractivity contribution < 1.29 is 23.9 Å². The Bertz CT molecular complexity index is 616. The lowest BCUT2D eigenvalue weighted by Gasteiger charge is -2.32. The van der Waals surface area contributed by atoms with Crippen LogP contribution in [0.25, 0.3) is 0 Å². The summed E-state index contributed by atoms with van der Waals surface area (Å²) < 4.78 is 11.2. The minimum Gasteiger partial charge on any atom is -0.444 e. The van der Waals surface area contributed by atoms with E-state index in [1.807, 2.05) is 34.6 Å². The van der Waals surface area contributed by atoms with Crippen LogP contribution < -0.4 is 11.1 Å². The highest BCUT2D eigenvalue weighted by Gasteiger charge is 2.54. The van der Waals surface area contributed by atoms with Crippen LogP contribution in [0.5, 0.6) is 0 Å². The maximum atomic E-state index is 13.1. The predicted octanol–water partition coefficient (Wildman–Crippen LogP) is 0.670. The lowest BCUT2D eigenvalue weighted by atomic mass is 9.84. The number of fused-ring (bicyclic) bond motifs is 1. The molecule has 2 rings (SSSR count). The highest BCUT2D eigenvalue weighted by atomic mass is 16.6. The van der Waals surface area contributed by atoms with E-state index in [-0.39, 0.29) is 5.91 Å². The summed E-state index contributed by atoms with van der Waals surface area (Å²) in [6, 6.07) is -1.19. The van der Waals surface area contributed by atoms with Gasteiger partial charge in [-0.3, -0.25) is 9.59 Å². The summed E-state index contributed by atoms with van der Waals surface area (Å²) in [4.78, 5) is 40.1. The minimum absolute atomic E-state index is 0.184. The fraction of sp³-hybridized carbons (Fsp3) is 0.842. The Labute approximate surface area is 166 Å². The second kappa shape index (κ2) is 8.24. The second-order valence-corrected chi connectivity index (χ2v) is 9.27. The number of carbonyl (C=O) groups is 3. The summed E-state index contributed by atoms with van der Waals surface area (Å²) >= 11 is 0. The van der Waals surface area contributed by atoms with Gasteiger partial charge in [-0.05, 0) is 39.0 Å². The van der Waals surface area contributed by atoms with Gasteiger partial charge in [0.2, 0.25) is 11.8 Å². The molecule has 2 fully saturated rings. The van der Waals surface area contributed by atoms with E-state index < -0.39 is 41.3 Å². The molecule has 0 saturated carbocycles. The number of nitrogens with two attached hydrogens (primary N) is 1.